The van der Waals surface area contributed by atoms with Crippen molar-refractivity contribution < 1.29 is 13.2 Å². The normalized spacial score (nSPS) is 11.4. The molecule has 0 atom stereocenters. The molecule has 0 aliphatic heterocycles. The molecule has 1 amide bonds. The van der Waals surface area contributed by atoms with E-state index in [-0.39, 0.29) is 10.8 Å². The number of benzene rings is 2. The second-order valence-corrected chi connectivity index (χ2v) is 8.34. The zero-order valence-corrected chi connectivity index (χ0v) is 17.1. The van der Waals surface area contributed by atoms with Gasteiger partial charge in [-0.25, -0.2) is 8.42 Å². The Bertz CT molecular complexity index is 908. The highest BCUT2D eigenvalue weighted by molar-refractivity contribution is 7.92. The summed E-state index contributed by atoms with van der Waals surface area (Å²) in [6, 6.07) is 11.7. The number of anilines is 1. The third-order valence-corrected chi connectivity index (χ3v) is 5.57. The maximum Gasteiger partial charge on any atom is 0.261 e. The average Bonchev–Trinajstić information content (AvgIpc) is 2.63. The minimum atomic E-state index is -3.80. The van der Waals surface area contributed by atoms with Gasteiger partial charge in [0, 0.05) is 18.7 Å². The molecule has 7 heteroatoms. The first-order valence-electron chi connectivity index (χ1n) is 8.89. The first-order chi connectivity index (χ1) is 12.7. The fourth-order valence-corrected chi connectivity index (χ4v) is 3.88. The van der Waals surface area contributed by atoms with Crippen molar-refractivity contribution in [2.45, 2.75) is 25.2 Å². The summed E-state index contributed by atoms with van der Waals surface area (Å²) in [7, 11) is 0.0390. The summed E-state index contributed by atoms with van der Waals surface area (Å²) in [5.74, 6) is -0.293. The van der Waals surface area contributed by atoms with Crippen LogP contribution in [0.5, 0.6) is 0 Å². The third kappa shape index (κ3) is 5.55. The van der Waals surface area contributed by atoms with Crippen molar-refractivity contribution in [2.24, 2.45) is 0 Å². The fourth-order valence-electron chi connectivity index (χ4n) is 2.66. The maximum atomic E-state index is 12.9. The van der Waals surface area contributed by atoms with Gasteiger partial charge < -0.3 is 10.2 Å². The number of aryl methyl sites for hydroxylation is 2. The van der Waals surface area contributed by atoms with Gasteiger partial charge in [-0.1, -0.05) is 31.2 Å². The minimum Gasteiger partial charge on any atom is -0.351 e. The van der Waals surface area contributed by atoms with E-state index >= 15 is 0 Å². The van der Waals surface area contributed by atoms with Crippen LogP contribution in [0, 0.1) is 6.92 Å². The van der Waals surface area contributed by atoms with Crippen LogP contribution in [-0.4, -0.2) is 46.4 Å². The highest BCUT2D eigenvalue weighted by Crippen LogP contribution is 2.25. The molecule has 0 spiro atoms. The summed E-state index contributed by atoms with van der Waals surface area (Å²) in [6.07, 6.45) is 0.716. The SMILES string of the molecule is CCc1cccc(C)c1NS(=O)(=O)c1cccc(C(=O)NCCN(C)C)c1. The number of para-hydroxylation sites is 1. The van der Waals surface area contributed by atoms with Gasteiger partial charge in [-0.3, -0.25) is 9.52 Å². The number of hydrogen-bond donors (Lipinski definition) is 2. The summed E-state index contributed by atoms with van der Waals surface area (Å²) in [6.45, 7) is 5.04. The van der Waals surface area contributed by atoms with Crippen LogP contribution in [0.1, 0.15) is 28.4 Å². The molecule has 0 heterocycles. The van der Waals surface area contributed by atoms with E-state index in [9.17, 15) is 13.2 Å². The van der Waals surface area contributed by atoms with Crippen molar-refractivity contribution in [2.75, 3.05) is 31.9 Å². The van der Waals surface area contributed by atoms with Crippen molar-refractivity contribution in [3.63, 3.8) is 0 Å². The molecule has 0 aromatic heterocycles. The number of carbonyl (C=O) groups excluding carboxylic acids is 1. The molecule has 0 unspecified atom stereocenters. The number of nitrogens with one attached hydrogen (secondary N) is 2. The molecule has 2 N–H and O–H groups in total. The number of nitrogens with zero attached hydrogens (tertiary/aromatic N) is 1. The van der Waals surface area contributed by atoms with E-state index in [1.165, 1.54) is 12.1 Å². The molecule has 0 saturated heterocycles. The Morgan fingerprint density at radius 1 is 1.11 bits per heavy atom. The summed E-state index contributed by atoms with van der Waals surface area (Å²) >= 11 is 0. The van der Waals surface area contributed by atoms with Gasteiger partial charge in [-0.05, 0) is 56.8 Å². The van der Waals surface area contributed by atoms with Crippen molar-refractivity contribution in [3.8, 4) is 0 Å². The lowest BCUT2D eigenvalue weighted by atomic mass is 10.1. The third-order valence-electron chi connectivity index (χ3n) is 4.23. The Labute approximate surface area is 161 Å². The summed E-state index contributed by atoms with van der Waals surface area (Å²) < 4.78 is 28.4. The maximum absolute atomic E-state index is 12.9. The first kappa shape index (κ1) is 20.9. The number of hydrogen-bond acceptors (Lipinski definition) is 4. The predicted octanol–water partition coefficient (Wildman–Crippen LogP) is 2.65. The van der Waals surface area contributed by atoms with Gasteiger partial charge in [0.05, 0.1) is 10.6 Å². The van der Waals surface area contributed by atoms with E-state index < -0.39 is 10.0 Å². The van der Waals surface area contributed by atoms with Gasteiger partial charge in [0.1, 0.15) is 0 Å². The highest BCUT2D eigenvalue weighted by Gasteiger charge is 2.18. The standard InChI is InChI=1S/C20H27N3O3S/c1-5-16-9-6-8-15(2)19(16)22-27(25,26)18-11-7-10-17(14-18)20(24)21-12-13-23(3)4/h6-11,14,22H,5,12-13H2,1-4H3,(H,21,24). The van der Waals surface area contributed by atoms with Gasteiger partial charge in [0.2, 0.25) is 0 Å². The van der Waals surface area contributed by atoms with Crippen LogP contribution in [0.25, 0.3) is 0 Å². The average molecular weight is 390 g/mol. The van der Waals surface area contributed by atoms with E-state index in [1.54, 1.807) is 12.1 Å². The predicted molar refractivity (Wildman–Crippen MR) is 109 cm³/mol. The zero-order valence-electron chi connectivity index (χ0n) is 16.2. The molecule has 146 valence electrons. The van der Waals surface area contributed by atoms with Crippen LogP contribution in [0.2, 0.25) is 0 Å². The highest BCUT2D eigenvalue weighted by atomic mass is 32.2. The molecule has 2 aromatic rings. The Morgan fingerprint density at radius 3 is 2.48 bits per heavy atom. The van der Waals surface area contributed by atoms with Crippen LogP contribution in [0.3, 0.4) is 0 Å². The quantitative estimate of drug-likeness (QED) is 0.728. The Balaban J connectivity index is 2.24. The van der Waals surface area contributed by atoms with E-state index in [0.29, 0.717) is 30.8 Å². The van der Waals surface area contributed by atoms with Crippen molar-refractivity contribution in [1.29, 1.82) is 0 Å². The Kier molecular flexibility index (Phi) is 6.98. The summed E-state index contributed by atoms with van der Waals surface area (Å²) in [5, 5.41) is 2.79. The molecule has 0 fully saturated rings. The van der Waals surface area contributed by atoms with Crippen LogP contribution in [0.15, 0.2) is 47.4 Å². The second-order valence-electron chi connectivity index (χ2n) is 6.66. The molecule has 2 aromatic carbocycles. The Morgan fingerprint density at radius 2 is 1.81 bits per heavy atom. The van der Waals surface area contributed by atoms with Crippen molar-refractivity contribution >= 4 is 21.6 Å². The van der Waals surface area contributed by atoms with Crippen LogP contribution < -0.4 is 10.0 Å². The molecule has 0 aliphatic carbocycles. The van der Waals surface area contributed by atoms with Crippen LogP contribution >= 0.6 is 0 Å². The largest absolute Gasteiger partial charge is 0.351 e. The number of amides is 1. The van der Waals surface area contributed by atoms with Gasteiger partial charge >= 0.3 is 0 Å². The van der Waals surface area contributed by atoms with Gasteiger partial charge in [0.15, 0.2) is 0 Å². The van der Waals surface area contributed by atoms with Crippen molar-refractivity contribution in [3.05, 3.63) is 59.2 Å². The summed E-state index contributed by atoms with van der Waals surface area (Å²) in [5.41, 5.74) is 2.70. The Hall–Kier alpha value is -2.38. The number of likely N-dealkylation sites (N-methyl/N-ethyl adjacent to an activating group) is 1. The number of rotatable bonds is 8. The fraction of sp³-hybridized carbons (Fsp3) is 0.350. The topological polar surface area (TPSA) is 78.5 Å². The lowest BCUT2D eigenvalue weighted by molar-refractivity contribution is 0.0951. The van der Waals surface area contributed by atoms with Gasteiger partial charge in [0.25, 0.3) is 15.9 Å². The van der Waals surface area contributed by atoms with E-state index in [4.69, 9.17) is 0 Å². The van der Waals surface area contributed by atoms with Crippen LogP contribution in [-0.2, 0) is 16.4 Å². The first-order valence-corrected chi connectivity index (χ1v) is 10.4. The van der Waals surface area contributed by atoms with E-state index in [1.807, 2.05) is 51.0 Å². The van der Waals surface area contributed by atoms with Crippen molar-refractivity contribution in [1.82, 2.24) is 10.2 Å². The number of sulfonamides is 1. The lowest BCUT2D eigenvalue weighted by Gasteiger charge is -2.15. The zero-order chi connectivity index (χ0) is 20.0. The minimum absolute atomic E-state index is 0.0630. The molecule has 0 saturated carbocycles. The molecular weight excluding hydrogens is 362 g/mol. The molecular formula is C20H27N3O3S. The molecule has 2 rings (SSSR count). The molecule has 27 heavy (non-hydrogen) atoms. The molecule has 0 aliphatic rings. The number of carbonyl (C=O) groups is 1. The molecule has 6 nitrogen and oxygen atoms in total. The van der Waals surface area contributed by atoms with Gasteiger partial charge in [-0.15, -0.1) is 0 Å². The monoisotopic (exact) mass is 389 g/mol. The lowest BCUT2D eigenvalue weighted by Crippen LogP contribution is -2.31. The smallest absolute Gasteiger partial charge is 0.261 e. The molecule has 0 bridgehead atoms. The van der Waals surface area contributed by atoms with Crippen LogP contribution in [0.4, 0.5) is 5.69 Å². The van der Waals surface area contributed by atoms with Gasteiger partial charge in [-0.2, -0.15) is 0 Å². The van der Waals surface area contributed by atoms with E-state index in [2.05, 4.69) is 10.0 Å². The molecule has 0 radical (unpaired) electrons. The second kappa shape index (κ2) is 9.01. The summed E-state index contributed by atoms with van der Waals surface area (Å²) in [4.78, 5) is 14.3. The van der Waals surface area contributed by atoms with E-state index in [0.717, 1.165) is 11.1 Å².